The minimum Gasteiger partial charge on any atom is -0.363 e. The summed E-state index contributed by atoms with van der Waals surface area (Å²) in [7, 11) is 0. The maximum Gasteiger partial charge on any atom is 0.171 e. The molecule has 1 aromatic carbocycles. The fraction of sp³-hybridized carbons (Fsp3) is 0.222. The Kier molecular flexibility index (Phi) is 4.63. The lowest BCUT2D eigenvalue weighted by atomic mass is 10.1. The molecule has 0 atom stereocenters. The van der Waals surface area contributed by atoms with E-state index >= 15 is 0 Å². The summed E-state index contributed by atoms with van der Waals surface area (Å²) in [6.07, 6.45) is 1.51. The predicted octanol–water partition coefficient (Wildman–Crippen LogP) is 3.22. The molecule has 25 heavy (non-hydrogen) atoms. The molecule has 7 heteroatoms. The van der Waals surface area contributed by atoms with Crippen LogP contribution in [0.1, 0.15) is 23.6 Å². The second kappa shape index (κ2) is 6.87. The molecule has 0 unspecified atom stereocenters. The number of pyridine rings is 1. The Morgan fingerprint density at radius 1 is 1.32 bits per heavy atom. The molecule has 0 saturated heterocycles. The number of hydrogen-bond donors (Lipinski definition) is 2. The zero-order chi connectivity index (χ0) is 18.0. The summed E-state index contributed by atoms with van der Waals surface area (Å²) in [5, 5.41) is 21.3. The van der Waals surface area contributed by atoms with Gasteiger partial charge < -0.3 is 10.6 Å². The molecule has 0 fully saturated rings. The number of anilines is 1. The van der Waals surface area contributed by atoms with Crippen molar-refractivity contribution in [2.24, 2.45) is 0 Å². The Bertz CT molecular complexity index is 999. The monoisotopic (exact) mass is 350 g/mol. The Hall–Kier alpha value is -2.98. The van der Waals surface area contributed by atoms with Gasteiger partial charge in [-0.2, -0.15) is 15.0 Å². The van der Waals surface area contributed by atoms with Crippen molar-refractivity contribution in [1.82, 2.24) is 20.1 Å². The third kappa shape index (κ3) is 3.16. The number of nitrogens with zero attached hydrogens (tertiary/aromatic N) is 4. The zero-order valence-corrected chi connectivity index (χ0v) is 15.1. The molecule has 0 bridgehead atoms. The molecule has 126 valence electrons. The molecule has 2 aromatic heterocycles. The fourth-order valence-corrected chi connectivity index (χ4v) is 2.93. The summed E-state index contributed by atoms with van der Waals surface area (Å²) < 4.78 is 1.61. The molecule has 0 aliphatic heterocycles. The number of para-hydroxylation sites is 1. The predicted molar refractivity (Wildman–Crippen MR) is 103 cm³/mol. The third-order valence-electron chi connectivity index (χ3n) is 3.91. The van der Waals surface area contributed by atoms with Gasteiger partial charge in [0.05, 0.1) is 11.7 Å². The van der Waals surface area contributed by atoms with Crippen molar-refractivity contribution in [2.45, 2.75) is 20.8 Å². The highest BCUT2D eigenvalue weighted by molar-refractivity contribution is 7.80. The van der Waals surface area contributed by atoms with Gasteiger partial charge in [0.15, 0.2) is 16.7 Å². The number of nitrogens with one attached hydrogen (secondary N) is 2. The molecule has 0 aliphatic rings. The van der Waals surface area contributed by atoms with E-state index in [2.05, 4.69) is 27.9 Å². The van der Waals surface area contributed by atoms with E-state index in [-0.39, 0.29) is 0 Å². The maximum atomic E-state index is 9.36. The van der Waals surface area contributed by atoms with Crippen molar-refractivity contribution in [3.05, 3.63) is 47.2 Å². The molecular formula is C18H18N6S. The summed E-state index contributed by atoms with van der Waals surface area (Å²) in [6, 6.07) is 10.2. The Morgan fingerprint density at radius 3 is 2.84 bits per heavy atom. The van der Waals surface area contributed by atoms with Gasteiger partial charge in [-0.05, 0) is 50.2 Å². The molecule has 0 saturated carbocycles. The van der Waals surface area contributed by atoms with Gasteiger partial charge >= 0.3 is 0 Å². The van der Waals surface area contributed by atoms with Crippen LogP contribution in [0.25, 0.3) is 16.7 Å². The van der Waals surface area contributed by atoms with E-state index in [1.54, 1.807) is 4.68 Å². The SMILES string of the molecule is CCNC(=S)Nc1c(C#N)cnn1-c1cc(C)c2cccc(C)c2n1. The summed E-state index contributed by atoms with van der Waals surface area (Å²) >= 11 is 5.25. The van der Waals surface area contributed by atoms with Gasteiger partial charge in [0.25, 0.3) is 0 Å². The second-order valence-corrected chi connectivity index (χ2v) is 6.09. The maximum absolute atomic E-state index is 9.36. The fourth-order valence-electron chi connectivity index (χ4n) is 2.69. The highest BCUT2D eigenvalue weighted by Crippen LogP contribution is 2.25. The topological polar surface area (TPSA) is 78.6 Å². The van der Waals surface area contributed by atoms with Crippen LogP contribution >= 0.6 is 12.2 Å². The van der Waals surface area contributed by atoms with Crippen molar-refractivity contribution in [1.29, 1.82) is 5.26 Å². The summed E-state index contributed by atoms with van der Waals surface area (Å²) in [5.41, 5.74) is 3.52. The van der Waals surface area contributed by atoms with Crippen molar-refractivity contribution in [3.8, 4) is 11.9 Å². The summed E-state index contributed by atoms with van der Waals surface area (Å²) in [5.74, 6) is 1.15. The van der Waals surface area contributed by atoms with Gasteiger partial charge in [-0.25, -0.2) is 4.98 Å². The molecule has 0 radical (unpaired) electrons. The van der Waals surface area contributed by atoms with Crippen molar-refractivity contribution in [3.63, 3.8) is 0 Å². The first kappa shape index (κ1) is 16.9. The van der Waals surface area contributed by atoms with E-state index in [4.69, 9.17) is 17.2 Å². The molecule has 2 N–H and O–H groups in total. The van der Waals surface area contributed by atoms with Crippen LogP contribution in [0.3, 0.4) is 0 Å². The summed E-state index contributed by atoms with van der Waals surface area (Å²) in [4.78, 5) is 4.75. The first-order valence-electron chi connectivity index (χ1n) is 7.95. The lowest BCUT2D eigenvalue weighted by molar-refractivity contribution is 0.857. The van der Waals surface area contributed by atoms with Crippen LogP contribution in [0.15, 0.2) is 30.5 Å². The molecule has 3 rings (SSSR count). The number of rotatable bonds is 3. The van der Waals surface area contributed by atoms with Crippen LogP contribution in [0.4, 0.5) is 5.82 Å². The number of fused-ring (bicyclic) bond motifs is 1. The van der Waals surface area contributed by atoms with Crippen LogP contribution in [0, 0.1) is 25.2 Å². The van der Waals surface area contributed by atoms with E-state index in [1.807, 2.05) is 39.0 Å². The van der Waals surface area contributed by atoms with Crippen LogP contribution in [-0.4, -0.2) is 26.4 Å². The number of benzene rings is 1. The number of aromatic nitrogens is 3. The van der Waals surface area contributed by atoms with Gasteiger partial charge in [-0.1, -0.05) is 18.2 Å². The largest absolute Gasteiger partial charge is 0.363 e. The molecule has 0 spiro atoms. The second-order valence-electron chi connectivity index (χ2n) is 5.68. The molecule has 3 aromatic rings. The van der Waals surface area contributed by atoms with Crippen LogP contribution in [0.5, 0.6) is 0 Å². The first-order chi connectivity index (χ1) is 12.0. The Morgan fingerprint density at radius 2 is 2.12 bits per heavy atom. The highest BCUT2D eigenvalue weighted by atomic mass is 32.1. The third-order valence-corrected chi connectivity index (χ3v) is 4.16. The van der Waals surface area contributed by atoms with Crippen LogP contribution in [0.2, 0.25) is 0 Å². The average molecular weight is 350 g/mol. The lowest BCUT2D eigenvalue weighted by Gasteiger charge is -2.13. The minimum absolute atomic E-state index is 0.407. The normalized spacial score (nSPS) is 10.5. The van der Waals surface area contributed by atoms with Gasteiger partial charge in [-0.15, -0.1) is 0 Å². The van der Waals surface area contributed by atoms with E-state index in [9.17, 15) is 5.26 Å². The van der Waals surface area contributed by atoms with E-state index in [0.29, 0.717) is 28.9 Å². The van der Waals surface area contributed by atoms with Crippen LogP contribution in [-0.2, 0) is 0 Å². The minimum atomic E-state index is 0.407. The van der Waals surface area contributed by atoms with Gasteiger partial charge in [0.2, 0.25) is 0 Å². The standard InChI is InChI=1S/C18H18N6S/c1-4-20-18(25)23-17-13(9-19)10-21-24(17)15-8-12(3)14-7-5-6-11(2)16(14)22-15/h5-8,10H,4H2,1-3H3,(H2,20,23,25). The molecule has 0 aliphatic carbocycles. The molecule has 2 heterocycles. The lowest BCUT2D eigenvalue weighted by Crippen LogP contribution is -2.29. The number of thiocarbonyl (C=S) groups is 1. The highest BCUT2D eigenvalue weighted by Gasteiger charge is 2.16. The number of nitriles is 1. The van der Waals surface area contributed by atoms with Gasteiger partial charge in [0, 0.05) is 11.9 Å². The van der Waals surface area contributed by atoms with Crippen molar-refractivity contribution >= 4 is 34.1 Å². The molecular weight excluding hydrogens is 332 g/mol. The molecule has 6 nitrogen and oxygen atoms in total. The van der Waals surface area contributed by atoms with E-state index in [1.165, 1.54) is 6.20 Å². The van der Waals surface area contributed by atoms with Crippen LogP contribution < -0.4 is 10.6 Å². The quantitative estimate of drug-likeness (QED) is 0.706. The van der Waals surface area contributed by atoms with E-state index < -0.39 is 0 Å². The Balaban J connectivity index is 2.15. The van der Waals surface area contributed by atoms with Crippen molar-refractivity contribution in [2.75, 3.05) is 11.9 Å². The smallest absolute Gasteiger partial charge is 0.171 e. The average Bonchev–Trinajstić information content (AvgIpc) is 2.98. The Labute approximate surface area is 151 Å². The van der Waals surface area contributed by atoms with Gasteiger partial charge in [-0.3, -0.25) is 0 Å². The van der Waals surface area contributed by atoms with E-state index in [0.717, 1.165) is 22.0 Å². The van der Waals surface area contributed by atoms with Crippen molar-refractivity contribution < 1.29 is 0 Å². The first-order valence-corrected chi connectivity index (χ1v) is 8.36. The number of aryl methyl sites for hydroxylation is 2. The zero-order valence-electron chi connectivity index (χ0n) is 14.3. The number of hydrogen-bond acceptors (Lipinski definition) is 4. The van der Waals surface area contributed by atoms with Gasteiger partial charge in [0.1, 0.15) is 11.6 Å². The molecule has 0 amide bonds. The summed E-state index contributed by atoms with van der Waals surface area (Å²) in [6.45, 7) is 6.71.